The van der Waals surface area contributed by atoms with Gasteiger partial charge in [-0.2, -0.15) is 0 Å². The number of fused-ring (bicyclic) bond motifs is 3. The summed E-state index contributed by atoms with van der Waals surface area (Å²) in [5.74, 6) is -0.277. The number of nitrogens with zero attached hydrogens (tertiary/aromatic N) is 2. The van der Waals surface area contributed by atoms with Gasteiger partial charge in [0.2, 0.25) is 0 Å². The molecule has 3 aliphatic heterocycles. The van der Waals surface area contributed by atoms with Gasteiger partial charge in [-0.3, -0.25) is 9.69 Å². The first kappa shape index (κ1) is 16.4. The molecule has 6 aliphatic rings. The number of carbonyl (C=O) groups is 1. The number of para-hydroxylation sites is 1. The van der Waals surface area contributed by atoms with E-state index in [1.165, 1.54) is 18.4 Å². The molecular formula is C22H28N2O3. The number of hydrogen-bond donors (Lipinski definition) is 1. The van der Waals surface area contributed by atoms with Crippen LogP contribution in [0.4, 0.5) is 5.69 Å². The Morgan fingerprint density at radius 1 is 1.22 bits per heavy atom. The summed E-state index contributed by atoms with van der Waals surface area (Å²) >= 11 is 0. The van der Waals surface area contributed by atoms with Gasteiger partial charge in [0, 0.05) is 36.2 Å². The van der Waals surface area contributed by atoms with E-state index in [4.69, 9.17) is 4.74 Å². The van der Waals surface area contributed by atoms with E-state index < -0.39 is 0 Å². The van der Waals surface area contributed by atoms with Crippen LogP contribution in [0, 0.1) is 11.3 Å². The Morgan fingerprint density at radius 3 is 2.85 bits per heavy atom. The molecule has 2 bridgehead atoms. The van der Waals surface area contributed by atoms with E-state index in [-0.39, 0.29) is 34.4 Å². The smallest absolute Gasteiger partial charge is 0.311 e. The first-order chi connectivity index (χ1) is 13.0. The average Bonchev–Trinajstić information content (AvgIpc) is 3.22. The fourth-order valence-electron chi connectivity index (χ4n) is 8.53. The lowest BCUT2D eigenvalue weighted by Crippen LogP contribution is -2.80. The SMILES string of the molecule is COC(=O)[C@@H]1C[C@]23CC[C@@]14N(C)c1ccccc1[C@@]41CCN(CC[C@H]2O)[C@@H]31. The normalized spacial score (nSPS) is 46.8. The number of piperidine rings is 1. The van der Waals surface area contributed by atoms with Crippen molar-refractivity contribution in [2.75, 3.05) is 32.1 Å². The van der Waals surface area contributed by atoms with Crippen LogP contribution in [0.5, 0.6) is 0 Å². The number of benzene rings is 1. The molecule has 1 aromatic carbocycles. The summed E-state index contributed by atoms with van der Waals surface area (Å²) in [5, 5.41) is 11.3. The number of rotatable bonds is 1. The number of aliphatic hydroxyl groups is 1. The van der Waals surface area contributed by atoms with Gasteiger partial charge >= 0.3 is 5.97 Å². The fraction of sp³-hybridized carbons (Fsp3) is 0.682. The van der Waals surface area contributed by atoms with Crippen LogP contribution in [0.2, 0.25) is 0 Å². The number of esters is 1. The lowest BCUT2D eigenvalue weighted by molar-refractivity contribution is -0.199. The van der Waals surface area contributed by atoms with Gasteiger partial charge in [-0.1, -0.05) is 18.2 Å². The molecule has 2 saturated heterocycles. The van der Waals surface area contributed by atoms with Crippen molar-refractivity contribution in [3.8, 4) is 0 Å². The van der Waals surface area contributed by atoms with Gasteiger partial charge in [-0.15, -0.1) is 0 Å². The molecule has 3 aliphatic carbocycles. The van der Waals surface area contributed by atoms with Crippen molar-refractivity contribution in [3.05, 3.63) is 29.8 Å². The highest BCUT2D eigenvalue weighted by atomic mass is 16.5. The third-order valence-corrected chi connectivity index (χ3v) is 9.26. The zero-order valence-electron chi connectivity index (χ0n) is 16.1. The van der Waals surface area contributed by atoms with Gasteiger partial charge in [0.15, 0.2) is 0 Å². The number of anilines is 1. The van der Waals surface area contributed by atoms with E-state index in [1.54, 1.807) is 0 Å². The minimum Gasteiger partial charge on any atom is -0.469 e. The van der Waals surface area contributed by atoms with Crippen LogP contribution in [0.1, 0.15) is 37.7 Å². The molecule has 3 spiro atoms. The molecule has 27 heavy (non-hydrogen) atoms. The van der Waals surface area contributed by atoms with Crippen LogP contribution in [-0.2, 0) is 14.9 Å². The molecule has 144 valence electrons. The quantitative estimate of drug-likeness (QED) is 0.768. The van der Waals surface area contributed by atoms with Gasteiger partial charge < -0.3 is 14.7 Å². The lowest BCUT2D eigenvalue weighted by atomic mass is 9.38. The van der Waals surface area contributed by atoms with Gasteiger partial charge in [-0.25, -0.2) is 0 Å². The molecule has 3 heterocycles. The van der Waals surface area contributed by atoms with Crippen molar-refractivity contribution in [1.82, 2.24) is 4.90 Å². The second-order valence-corrected chi connectivity index (χ2v) is 9.48. The first-order valence-corrected chi connectivity index (χ1v) is 10.4. The number of carbonyl (C=O) groups excluding carboxylic acids is 1. The topological polar surface area (TPSA) is 53.0 Å². The monoisotopic (exact) mass is 368 g/mol. The van der Waals surface area contributed by atoms with Crippen molar-refractivity contribution in [2.45, 2.75) is 55.2 Å². The van der Waals surface area contributed by atoms with Crippen LogP contribution >= 0.6 is 0 Å². The number of aliphatic hydroxyl groups excluding tert-OH is 1. The maximum absolute atomic E-state index is 13.1. The number of methoxy groups -OCH3 is 1. The molecule has 0 amide bonds. The molecule has 5 heteroatoms. The second-order valence-electron chi connectivity index (χ2n) is 9.48. The summed E-state index contributed by atoms with van der Waals surface area (Å²) < 4.78 is 5.35. The molecule has 6 atom stereocenters. The third kappa shape index (κ3) is 1.47. The highest BCUT2D eigenvalue weighted by Gasteiger charge is 2.81. The van der Waals surface area contributed by atoms with Crippen LogP contribution in [-0.4, -0.2) is 60.9 Å². The molecule has 1 aromatic rings. The van der Waals surface area contributed by atoms with E-state index in [9.17, 15) is 9.90 Å². The van der Waals surface area contributed by atoms with Crippen molar-refractivity contribution in [3.63, 3.8) is 0 Å². The summed E-state index contributed by atoms with van der Waals surface area (Å²) in [6, 6.07) is 9.08. The molecule has 0 aromatic heterocycles. The Morgan fingerprint density at radius 2 is 2.04 bits per heavy atom. The molecule has 7 rings (SSSR count). The van der Waals surface area contributed by atoms with E-state index in [1.807, 2.05) is 0 Å². The van der Waals surface area contributed by atoms with Crippen LogP contribution in [0.3, 0.4) is 0 Å². The average molecular weight is 368 g/mol. The van der Waals surface area contributed by atoms with Crippen molar-refractivity contribution in [2.24, 2.45) is 11.3 Å². The zero-order valence-corrected chi connectivity index (χ0v) is 16.1. The Kier molecular flexibility index (Phi) is 2.95. The second kappa shape index (κ2) is 4.87. The van der Waals surface area contributed by atoms with Gasteiger partial charge in [0.25, 0.3) is 0 Å². The highest BCUT2D eigenvalue weighted by Crippen LogP contribution is 2.75. The first-order valence-electron chi connectivity index (χ1n) is 10.4. The molecule has 1 N–H and O–H groups in total. The summed E-state index contributed by atoms with van der Waals surface area (Å²) in [7, 11) is 3.70. The van der Waals surface area contributed by atoms with Crippen LogP contribution in [0.15, 0.2) is 24.3 Å². The van der Waals surface area contributed by atoms with E-state index in [0.29, 0.717) is 6.04 Å². The molecule has 0 radical (unpaired) electrons. The number of hydrogen-bond acceptors (Lipinski definition) is 5. The standard InChI is InChI=1S/C22H28N2O3/c1-23-16-6-4-3-5-14(16)21-10-12-24-11-7-17(25)20(19(21)24)8-9-22(21,23)15(13-20)18(26)27-2/h3-6,15,17,19,25H,7-13H2,1-2H3/t15-,17+,19-,20+,21+,22+/m0/s1. The summed E-state index contributed by atoms with van der Waals surface area (Å²) in [4.78, 5) is 18.2. The van der Waals surface area contributed by atoms with Gasteiger partial charge in [0.1, 0.15) is 0 Å². The Hall–Kier alpha value is -1.59. The summed E-state index contributed by atoms with van der Waals surface area (Å²) in [5.41, 5.74) is 2.16. The Balaban J connectivity index is 1.68. The minimum atomic E-state index is -0.322. The van der Waals surface area contributed by atoms with Crippen molar-refractivity contribution < 1.29 is 14.6 Å². The van der Waals surface area contributed by atoms with Gasteiger partial charge in [-0.05, 0) is 50.3 Å². The predicted molar refractivity (Wildman–Crippen MR) is 102 cm³/mol. The highest BCUT2D eigenvalue weighted by molar-refractivity contribution is 5.81. The van der Waals surface area contributed by atoms with Crippen molar-refractivity contribution >= 4 is 11.7 Å². The number of ether oxygens (including phenoxy) is 1. The maximum Gasteiger partial charge on any atom is 0.311 e. The molecule has 3 saturated carbocycles. The largest absolute Gasteiger partial charge is 0.469 e. The Labute approximate surface area is 160 Å². The number of likely N-dealkylation sites (N-methyl/N-ethyl adjacent to an activating group) is 1. The van der Waals surface area contributed by atoms with E-state index in [2.05, 4.69) is 41.1 Å². The molecule has 5 fully saturated rings. The Bertz CT molecular complexity index is 843. The molecule has 5 nitrogen and oxygen atoms in total. The van der Waals surface area contributed by atoms with Crippen LogP contribution < -0.4 is 4.90 Å². The lowest BCUT2D eigenvalue weighted by Gasteiger charge is -2.71. The third-order valence-electron chi connectivity index (χ3n) is 9.26. The minimum absolute atomic E-state index is 0.0882. The van der Waals surface area contributed by atoms with Gasteiger partial charge in [0.05, 0.1) is 24.7 Å². The zero-order chi connectivity index (χ0) is 18.6. The fourth-order valence-corrected chi connectivity index (χ4v) is 8.53. The van der Waals surface area contributed by atoms with Crippen LogP contribution in [0.25, 0.3) is 0 Å². The molecular weight excluding hydrogens is 340 g/mol. The predicted octanol–water partition coefficient (Wildman–Crippen LogP) is 1.93. The summed E-state index contributed by atoms with van der Waals surface area (Å²) in [6.07, 6.45) is 4.29. The van der Waals surface area contributed by atoms with E-state index >= 15 is 0 Å². The van der Waals surface area contributed by atoms with Crippen molar-refractivity contribution in [1.29, 1.82) is 0 Å². The summed E-state index contributed by atoms with van der Waals surface area (Å²) in [6.45, 7) is 2.04. The van der Waals surface area contributed by atoms with E-state index in [0.717, 1.165) is 45.2 Å². The molecule has 0 unspecified atom stereocenters. The maximum atomic E-state index is 13.1.